The Hall–Kier alpha value is -0.410. The number of carbonyl (C=O) groups is 1. The van der Waals surface area contributed by atoms with Crippen molar-refractivity contribution >= 4 is 5.78 Å². The topological polar surface area (TPSA) is 40.5 Å². The van der Waals surface area contributed by atoms with E-state index < -0.39 is 5.60 Å². The summed E-state index contributed by atoms with van der Waals surface area (Å²) in [5.74, 6) is 8.36. The number of ketones is 1. The van der Waals surface area contributed by atoms with E-state index in [4.69, 9.17) is 0 Å². The van der Waals surface area contributed by atoms with Gasteiger partial charge in [-0.3, -0.25) is 4.79 Å². The highest BCUT2D eigenvalue weighted by Crippen LogP contribution is 2.66. The Labute approximate surface area is 226 Å². The Bertz CT molecular complexity index is 872. The molecule has 0 saturated heterocycles. The van der Waals surface area contributed by atoms with Crippen LogP contribution in [0.3, 0.4) is 0 Å². The maximum absolute atomic E-state index is 12.8. The minimum atomic E-state index is -0.495. The Morgan fingerprint density at radius 2 is 1.62 bits per heavy atom. The number of hydrogen-bond acceptors (Lipinski definition) is 3. The molecule has 0 aromatic heterocycles. The third kappa shape index (κ3) is 4.05. The zero-order chi connectivity index (χ0) is 25.6. The van der Waals surface area contributed by atoms with E-state index in [-0.39, 0.29) is 5.41 Å². The molecule has 3 heteroatoms. The minimum absolute atomic E-state index is 0.0155. The molecule has 8 saturated carbocycles. The molecule has 1 N–H and O–H groups in total. The Morgan fingerprint density at radius 1 is 0.892 bits per heavy atom. The number of carbonyl (C=O) groups excluding carboxylic acids is 1. The summed E-state index contributed by atoms with van der Waals surface area (Å²) < 4.78 is 0. The summed E-state index contributed by atoms with van der Waals surface area (Å²) in [4.78, 5) is 15.5. The van der Waals surface area contributed by atoms with E-state index in [0.717, 1.165) is 86.6 Å². The predicted molar refractivity (Wildman–Crippen MR) is 149 cm³/mol. The normalized spacial score (nSPS) is 54.3. The summed E-state index contributed by atoms with van der Waals surface area (Å²) in [5.41, 5.74) is -0.137. The van der Waals surface area contributed by atoms with Gasteiger partial charge in [0.15, 0.2) is 0 Å². The quantitative estimate of drug-likeness (QED) is 0.415. The summed E-state index contributed by atoms with van der Waals surface area (Å²) in [7, 11) is 0. The maximum Gasteiger partial charge on any atom is 0.139 e. The van der Waals surface area contributed by atoms with Gasteiger partial charge in [0.2, 0.25) is 0 Å². The SMILES string of the molecule is CCCN(CC1C2CC3CC(C2)CC1C3)C[C@@]1(O)CC[C@@]2(C)[C@@H](CC[C@@H]3[C@@H]2CC[C@]2(C)C(=O)CC[C@@H]32)C1. The fraction of sp³-hybridized carbons (Fsp3) is 0.971. The van der Waals surface area contributed by atoms with E-state index in [1.807, 2.05) is 0 Å². The van der Waals surface area contributed by atoms with Crippen molar-refractivity contribution in [3.8, 4) is 0 Å². The summed E-state index contributed by atoms with van der Waals surface area (Å²) in [6.07, 6.45) is 18.9. The van der Waals surface area contributed by atoms with E-state index in [9.17, 15) is 9.90 Å². The van der Waals surface area contributed by atoms with E-state index in [1.165, 1.54) is 70.8 Å². The molecular weight excluding hydrogens is 454 g/mol. The van der Waals surface area contributed by atoms with Crippen molar-refractivity contribution in [2.75, 3.05) is 19.6 Å². The van der Waals surface area contributed by atoms with Crippen molar-refractivity contribution in [2.45, 2.75) is 123 Å². The van der Waals surface area contributed by atoms with Crippen LogP contribution in [0.2, 0.25) is 0 Å². The van der Waals surface area contributed by atoms with Crippen LogP contribution in [-0.2, 0) is 4.79 Å². The lowest BCUT2D eigenvalue weighted by molar-refractivity contribution is -0.158. The lowest BCUT2D eigenvalue weighted by Gasteiger charge is -2.61. The van der Waals surface area contributed by atoms with Crippen LogP contribution in [0.5, 0.6) is 0 Å². The standard InChI is InChI=1S/C34H55NO2/c1-4-13-35(20-28-24-15-22-14-23(17-24)18-25(28)16-22)21-34(37)12-11-32(2)26(19-34)5-6-27-29-7-8-31(36)33(29,3)10-9-30(27)32/h22-30,37H,4-21H2,1-3H3/t22?,23?,24?,25?,26-,27-,28?,29-,30-,32-,33-,34+/m0/s1. The van der Waals surface area contributed by atoms with Gasteiger partial charge in [0, 0.05) is 24.9 Å². The molecule has 8 fully saturated rings. The van der Waals surface area contributed by atoms with E-state index in [0.29, 0.717) is 23.0 Å². The van der Waals surface area contributed by atoms with Gasteiger partial charge in [-0.2, -0.15) is 0 Å². The molecular formula is C34H55NO2. The largest absolute Gasteiger partial charge is 0.389 e. The molecule has 37 heavy (non-hydrogen) atoms. The van der Waals surface area contributed by atoms with Gasteiger partial charge in [0.1, 0.15) is 5.78 Å². The molecule has 0 aromatic rings. The zero-order valence-corrected chi connectivity index (χ0v) is 24.2. The van der Waals surface area contributed by atoms with Crippen LogP contribution >= 0.6 is 0 Å². The highest BCUT2D eigenvalue weighted by molar-refractivity contribution is 5.87. The molecule has 3 nitrogen and oxygen atoms in total. The van der Waals surface area contributed by atoms with Gasteiger partial charge in [-0.15, -0.1) is 0 Å². The molecule has 208 valence electrons. The first-order valence-corrected chi connectivity index (χ1v) is 16.7. The summed E-state index contributed by atoms with van der Waals surface area (Å²) >= 11 is 0. The average Bonchev–Trinajstić information content (AvgIpc) is 3.16. The van der Waals surface area contributed by atoms with Gasteiger partial charge < -0.3 is 10.0 Å². The van der Waals surface area contributed by atoms with Crippen LogP contribution in [-0.4, -0.2) is 41.0 Å². The number of hydrogen-bond donors (Lipinski definition) is 1. The third-order valence-corrected chi connectivity index (χ3v) is 14.5. The third-order valence-electron chi connectivity index (χ3n) is 14.5. The molecule has 0 aliphatic heterocycles. The molecule has 0 spiro atoms. The second-order valence-corrected chi connectivity index (χ2v) is 16.3. The first-order chi connectivity index (χ1) is 17.7. The number of Topliss-reactive ketones (excluding diaryl/α,β-unsaturated/α-hetero) is 1. The molecule has 0 unspecified atom stereocenters. The molecule has 7 atom stereocenters. The van der Waals surface area contributed by atoms with Gasteiger partial charge >= 0.3 is 0 Å². The monoisotopic (exact) mass is 509 g/mol. The molecule has 8 rings (SSSR count). The van der Waals surface area contributed by atoms with Crippen molar-refractivity contribution in [3.05, 3.63) is 0 Å². The highest BCUT2D eigenvalue weighted by Gasteiger charge is 2.61. The Kier molecular flexibility index (Phi) is 6.25. The van der Waals surface area contributed by atoms with Crippen LogP contribution in [0.25, 0.3) is 0 Å². The maximum atomic E-state index is 12.8. The number of rotatable bonds is 6. The van der Waals surface area contributed by atoms with E-state index >= 15 is 0 Å². The van der Waals surface area contributed by atoms with E-state index in [2.05, 4.69) is 25.7 Å². The van der Waals surface area contributed by atoms with Crippen molar-refractivity contribution in [1.82, 2.24) is 4.90 Å². The van der Waals surface area contributed by atoms with Crippen LogP contribution in [0.4, 0.5) is 0 Å². The lowest BCUT2D eigenvalue weighted by atomic mass is 9.44. The molecule has 8 aliphatic carbocycles. The second kappa shape index (κ2) is 9.05. The summed E-state index contributed by atoms with van der Waals surface area (Å²) in [6.45, 7) is 10.6. The first-order valence-electron chi connectivity index (χ1n) is 16.7. The molecule has 8 aliphatic rings. The van der Waals surface area contributed by atoms with Crippen LogP contribution in [0.1, 0.15) is 117 Å². The molecule has 0 heterocycles. The smallest absolute Gasteiger partial charge is 0.139 e. The predicted octanol–water partition coefficient (Wildman–Crippen LogP) is 7.11. The number of nitrogens with zero attached hydrogens (tertiary/aromatic N) is 1. The van der Waals surface area contributed by atoms with Crippen molar-refractivity contribution in [1.29, 1.82) is 0 Å². The average molecular weight is 510 g/mol. The molecule has 4 bridgehead atoms. The lowest BCUT2D eigenvalue weighted by Crippen LogP contribution is -2.58. The zero-order valence-electron chi connectivity index (χ0n) is 24.2. The molecule has 0 radical (unpaired) electrons. The van der Waals surface area contributed by atoms with Crippen LogP contribution in [0, 0.1) is 64.1 Å². The first kappa shape index (κ1) is 25.6. The second-order valence-electron chi connectivity index (χ2n) is 16.3. The van der Waals surface area contributed by atoms with Crippen molar-refractivity contribution in [2.24, 2.45) is 64.1 Å². The Balaban J connectivity index is 1.03. The number of fused-ring (bicyclic) bond motifs is 5. The van der Waals surface area contributed by atoms with Crippen LogP contribution < -0.4 is 0 Å². The highest BCUT2D eigenvalue weighted by atomic mass is 16.3. The summed E-state index contributed by atoms with van der Waals surface area (Å²) in [5, 5.41) is 12.1. The Morgan fingerprint density at radius 3 is 2.32 bits per heavy atom. The summed E-state index contributed by atoms with van der Waals surface area (Å²) in [6, 6.07) is 0. The van der Waals surface area contributed by atoms with Gasteiger partial charge in [-0.1, -0.05) is 20.8 Å². The van der Waals surface area contributed by atoms with Crippen molar-refractivity contribution in [3.63, 3.8) is 0 Å². The molecule has 0 amide bonds. The van der Waals surface area contributed by atoms with Gasteiger partial charge in [-0.25, -0.2) is 0 Å². The molecule has 0 aromatic carbocycles. The number of aliphatic hydroxyl groups is 1. The van der Waals surface area contributed by atoms with Crippen LogP contribution in [0.15, 0.2) is 0 Å². The minimum Gasteiger partial charge on any atom is -0.389 e. The van der Waals surface area contributed by atoms with Gasteiger partial charge in [-0.05, 0) is 155 Å². The van der Waals surface area contributed by atoms with Gasteiger partial charge in [0.05, 0.1) is 5.60 Å². The van der Waals surface area contributed by atoms with Crippen molar-refractivity contribution < 1.29 is 9.90 Å². The van der Waals surface area contributed by atoms with Gasteiger partial charge in [0.25, 0.3) is 0 Å². The van der Waals surface area contributed by atoms with E-state index in [1.54, 1.807) is 0 Å². The fourth-order valence-electron chi connectivity index (χ4n) is 12.8. The fourth-order valence-corrected chi connectivity index (χ4v) is 12.8.